The average molecular weight is 388 g/mol. The van der Waals surface area contributed by atoms with Crippen molar-refractivity contribution in [3.05, 3.63) is 40.5 Å². The van der Waals surface area contributed by atoms with Crippen molar-refractivity contribution in [1.29, 1.82) is 0 Å². The Kier molecular flexibility index (Phi) is 4.79. The van der Waals surface area contributed by atoms with Gasteiger partial charge in [0.15, 0.2) is 11.6 Å². The lowest BCUT2D eigenvalue weighted by Gasteiger charge is -2.20. The first-order chi connectivity index (χ1) is 10.6. The monoisotopic (exact) mass is 387 g/mol. The van der Waals surface area contributed by atoms with Crippen LogP contribution >= 0.6 is 15.9 Å². The summed E-state index contributed by atoms with van der Waals surface area (Å²) in [5, 5.41) is 0. The van der Waals surface area contributed by atoms with Gasteiger partial charge in [-0.15, -0.1) is 0 Å². The van der Waals surface area contributed by atoms with Gasteiger partial charge in [0, 0.05) is 16.2 Å². The van der Waals surface area contributed by atoms with Crippen LogP contribution in [0.2, 0.25) is 0 Å². The molecule has 0 saturated carbocycles. The molecule has 0 aliphatic heterocycles. The molecule has 7 heteroatoms. The van der Waals surface area contributed by atoms with E-state index in [2.05, 4.69) is 15.9 Å². The third kappa shape index (κ3) is 3.90. The van der Waals surface area contributed by atoms with Gasteiger partial charge in [-0.1, -0.05) is 0 Å². The lowest BCUT2D eigenvalue weighted by Crippen LogP contribution is -2.27. The fourth-order valence-corrected chi connectivity index (χ4v) is 2.40. The van der Waals surface area contributed by atoms with Crippen molar-refractivity contribution in [3.63, 3.8) is 0 Å². The van der Waals surface area contributed by atoms with Gasteiger partial charge in [0.25, 0.3) is 0 Å². The normalized spacial score (nSPS) is 11.4. The molecule has 0 spiro atoms. The predicted molar refractivity (Wildman–Crippen MR) is 85.7 cm³/mol. The van der Waals surface area contributed by atoms with Gasteiger partial charge >= 0.3 is 6.09 Å². The second kappa shape index (κ2) is 6.31. The zero-order valence-electron chi connectivity index (χ0n) is 13.1. The van der Waals surface area contributed by atoms with Crippen molar-refractivity contribution in [2.75, 3.05) is 7.11 Å². The molecule has 0 fully saturated rings. The van der Waals surface area contributed by atoms with E-state index in [4.69, 9.17) is 9.47 Å². The van der Waals surface area contributed by atoms with Crippen molar-refractivity contribution >= 4 is 22.0 Å². The molecule has 0 amide bonds. The highest BCUT2D eigenvalue weighted by molar-refractivity contribution is 9.10. The summed E-state index contributed by atoms with van der Waals surface area (Å²) < 4.78 is 39.3. The van der Waals surface area contributed by atoms with Gasteiger partial charge in [0.1, 0.15) is 5.60 Å². The predicted octanol–water partition coefficient (Wildman–Crippen LogP) is 4.99. The summed E-state index contributed by atoms with van der Waals surface area (Å²) in [5.74, 6) is -2.38. The van der Waals surface area contributed by atoms with Crippen LogP contribution in [0.15, 0.2) is 28.9 Å². The van der Waals surface area contributed by atoms with E-state index in [1.165, 1.54) is 23.9 Å². The molecule has 124 valence electrons. The Labute approximate surface area is 141 Å². The van der Waals surface area contributed by atoms with Crippen molar-refractivity contribution in [2.24, 2.45) is 0 Å². The minimum atomic E-state index is -1.08. The third-order valence-corrected chi connectivity index (χ3v) is 3.32. The van der Waals surface area contributed by atoms with E-state index in [0.29, 0.717) is 10.2 Å². The molecule has 0 N–H and O–H groups in total. The van der Waals surface area contributed by atoms with Crippen molar-refractivity contribution in [3.8, 4) is 17.0 Å². The molecule has 1 heterocycles. The van der Waals surface area contributed by atoms with Crippen molar-refractivity contribution < 1.29 is 23.0 Å². The van der Waals surface area contributed by atoms with Crippen molar-refractivity contribution in [2.45, 2.75) is 26.4 Å². The van der Waals surface area contributed by atoms with Gasteiger partial charge in [-0.05, 0) is 54.9 Å². The molecule has 4 nitrogen and oxygen atoms in total. The van der Waals surface area contributed by atoms with Gasteiger partial charge < -0.3 is 9.47 Å². The minimum Gasteiger partial charge on any atom is -0.494 e. The molecule has 23 heavy (non-hydrogen) atoms. The van der Waals surface area contributed by atoms with Crippen LogP contribution in [0.25, 0.3) is 11.3 Å². The Morgan fingerprint density at radius 2 is 1.87 bits per heavy atom. The first kappa shape index (κ1) is 17.5. The quantitative estimate of drug-likeness (QED) is 0.728. The van der Waals surface area contributed by atoms with Gasteiger partial charge in [0.2, 0.25) is 5.82 Å². The topological polar surface area (TPSA) is 40.5 Å². The zero-order valence-corrected chi connectivity index (χ0v) is 14.7. The summed E-state index contributed by atoms with van der Waals surface area (Å²) in [6.07, 6.45) is 0.874. The highest BCUT2D eigenvalue weighted by atomic mass is 79.9. The first-order valence-electron chi connectivity index (χ1n) is 6.77. The second-order valence-corrected chi connectivity index (χ2v) is 6.78. The van der Waals surface area contributed by atoms with Crippen LogP contribution in [0.3, 0.4) is 0 Å². The van der Waals surface area contributed by atoms with E-state index in [0.717, 1.165) is 6.07 Å². The molecule has 0 radical (unpaired) electrons. The number of halogens is 3. The van der Waals surface area contributed by atoms with E-state index >= 15 is 0 Å². The molecule has 0 atom stereocenters. The Balaban J connectivity index is 2.53. The highest BCUT2D eigenvalue weighted by Crippen LogP contribution is 2.31. The first-order valence-corrected chi connectivity index (χ1v) is 7.56. The molecular formula is C16H16BrF2NO3. The Morgan fingerprint density at radius 3 is 2.43 bits per heavy atom. The molecule has 0 unspecified atom stereocenters. The fraction of sp³-hybridized carbons (Fsp3) is 0.312. The highest BCUT2D eigenvalue weighted by Gasteiger charge is 2.22. The number of hydrogen-bond donors (Lipinski definition) is 0. The van der Waals surface area contributed by atoms with E-state index in [1.54, 1.807) is 26.8 Å². The van der Waals surface area contributed by atoms with Crippen LogP contribution in [0.1, 0.15) is 20.8 Å². The maximum Gasteiger partial charge on any atom is 0.419 e. The lowest BCUT2D eigenvalue weighted by molar-refractivity contribution is 0.0540. The summed E-state index contributed by atoms with van der Waals surface area (Å²) in [6, 6.07) is 3.93. The lowest BCUT2D eigenvalue weighted by atomic mass is 10.1. The molecule has 0 saturated heterocycles. The molecule has 1 aromatic heterocycles. The van der Waals surface area contributed by atoms with Crippen LogP contribution in [0.4, 0.5) is 13.6 Å². The van der Waals surface area contributed by atoms with E-state index < -0.39 is 23.3 Å². The number of aromatic nitrogens is 1. The number of nitrogens with zero attached hydrogens (tertiary/aromatic N) is 1. The maximum atomic E-state index is 13.7. The SMILES string of the molecule is COc1cc(-c2cc(Br)cn2C(=O)OC(C)(C)C)cc(F)c1F. The number of carbonyl (C=O) groups excluding carboxylic acids is 1. The minimum absolute atomic E-state index is 0.243. The van der Waals surface area contributed by atoms with Crippen LogP contribution in [-0.2, 0) is 4.74 Å². The van der Waals surface area contributed by atoms with Gasteiger partial charge in [-0.2, -0.15) is 4.39 Å². The van der Waals surface area contributed by atoms with Gasteiger partial charge in [0.05, 0.1) is 12.8 Å². The Morgan fingerprint density at radius 1 is 1.22 bits per heavy atom. The molecule has 1 aromatic carbocycles. The second-order valence-electron chi connectivity index (χ2n) is 5.87. The summed E-state index contributed by atoms with van der Waals surface area (Å²) in [4.78, 5) is 12.3. The van der Waals surface area contributed by atoms with Gasteiger partial charge in [-0.3, -0.25) is 4.57 Å². The molecule has 0 bridgehead atoms. The average Bonchev–Trinajstić information content (AvgIpc) is 2.82. The number of rotatable bonds is 2. The summed E-state index contributed by atoms with van der Waals surface area (Å²) in [7, 11) is 1.24. The van der Waals surface area contributed by atoms with Crippen LogP contribution < -0.4 is 4.74 Å². The molecule has 0 aliphatic carbocycles. The fourth-order valence-electron chi connectivity index (χ4n) is 1.98. The summed E-state index contributed by atoms with van der Waals surface area (Å²) in [5.41, 5.74) is -0.0442. The standard InChI is InChI=1S/C16H16BrF2NO3/c1-16(2,3)23-15(21)20-8-10(17)7-12(20)9-5-11(18)14(19)13(6-9)22-4/h5-8H,1-4H3. The number of carbonyl (C=O) groups is 1. The molecule has 2 rings (SSSR count). The van der Waals surface area contributed by atoms with Crippen LogP contribution in [-0.4, -0.2) is 23.4 Å². The number of benzene rings is 1. The van der Waals surface area contributed by atoms with Crippen molar-refractivity contribution in [1.82, 2.24) is 4.57 Å². The maximum absolute atomic E-state index is 13.7. The summed E-state index contributed by atoms with van der Waals surface area (Å²) in [6.45, 7) is 5.22. The third-order valence-electron chi connectivity index (χ3n) is 2.89. The Hall–Kier alpha value is -1.89. The van der Waals surface area contributed by atoms with Crippen LogP contribution in [0.5, 0.6) is 5.75 Å². The van der Waals surface area contributed by atoms with Crippen LogP contribution in [0, 0.1) is 11.6 Å². The Bertz CT molecular complexity index is 751. The smallest absolute Gasteiger partial charge is 0.419 e. The van der Waals surface area contributed by atoms with Gasteiger partial charge in [-0.25, -0.2) is 9.18 Å². The van der Waals surface area contributed by atoms with E-state index in [9.17, 15) is 13.6 Å². The number of methoxy groups -OCH3 is 1. The number of hydrogen-bond acceptors (Lipinski definition) is 3. The largest absolute Gasteiger partial charge is 0.494 e. The molecule has 0 aliphatic rings. The van der Waals surface area contributed by atoms with E-state index in [1.807, 2.05) is 0 Å². The molecule has 2 aromatic rings. The summed E-state index contributed by atoms with van der Waals surface area (Å²) >= 11 is 3.27. The zero-order chi connectivity index (χ0) is 17.4. The van der Waals surface area contributed by atoms with E-state index in [-0.39, 0.29) is 11.3 Å². The molecular weight excluding hydrogens is 372 g/mol. The number of ether oxygens (including phenoxy) is 2.